The molecular weight excluding hydrogens is 204 g/mol. The van der Waals surface area contributed by atoms with Crippen LogP contribution in [0.25, 0.3) is 0 Å². The van der Waals surface area contributed by atoms with E-state index in [1.54, 1.807) is 20.3 Å². The summed E-state index contributed by atoms with van der Waals surface area (Å²) in [6, 6.07) is 5.62. The Morgan fingerprint density at radius 1 is 1.25 bits per heavy atom. The molecule has 0 aromatic heterocycles. The predicted octanol–water partition coefficient (Wildman–Crippen LogP) is 1.63. The molecule has 1 unspecified atom stereocenters. The van der Waals surface area contributed by atoms with E-state index in [2.05, 4.69) is 5.92 Å². The van der Waals surface area contributed by atoms with E-state index in [-0.39, 0.29) is 0 Å². The molecule has 0 amide bonds. The van der Waals surface area contributed by atoms with Crippen LogP contribution < -0.4 is 9.47 Å². The molecule has 1 atom stereocenters. The van der Waals surface area contributed by atoms with Gasteiger partial charge in [-0.2, -0.15) is 0 Å². The third kappa shape index (κ3) is 3.48. The normalized spacial score (nSPS) is 11.6. The number of rotatable bonds is 5. The first-order chi connectivity index (χ1) is 7.69. The standard InChI is InChI=1S/C13H16O3/c1-4-11(14)6-5-10-7-12(15-2)9-13(8-10)16-3/h1,7-9,11,14H,5-6H2,2-3H3. The van der Waals surface area contributed by atoms with Crippen LogP contribution >= 0.6 is 0 Å². The summed E-state index contributed by atoms with van der Waals surface area (Å²) in [6.45, 7) is 0. The lowest BCUT2D eigenvalue weighted by Crippen LogP contribution is -2.04. The first kappa shape index (κ1) is 12.4. The molecule has 0 aliphatic heterocycles. The van der Waals surface area contributed by atoms with Crippen LogP contribution in [0, 0.1) is 12.3 Å². The quantitative estimate of drug-likeness (QED) is 0.766. The third-order valence-electron chi connectivity index (χ3n) is 2.31. The molecule has 16 heavy (non-hydrogen) atoms. The number of aliphatic hydroxyl groups excluding tert-OH is 1. The summed E-state index contributed by atoms with van der Waals surface area (Å²) in [5.41, 5.74) is 1.03. The van der Waals surface area contributed by atoms with Gasteiger partial charge >= 0.3 is 0 Å². The third-order valence-corrected chi connectivity index (χ3v) is 2.31. The van der Waals surface area contributed by atoms with E-state index in [4.69, 9.17) is 15.9 Å². The highest BCUT2D eigenvalue weighted by molar-refractivity contribution is 5.38. The Morgan fingerprint density at radius 2 is 1.81 bits per heavy atom. The van der Waals surface area contributed by atoms with E-state index < -0.39 is 6.10 Å². The summed E-state index contributed by atoms with van der Waals surface area (Å²) in [4.78, 5) is 0. The van der Waals surface area contributed by atoms with Crippen molar-refractivity contribution in [2.24, 2.45) is 0 Å². The lowest BCUT2D eigenvalue weighted by molar-refractivity contribution is 0.222. The second kappa shape index (κ2) is 6.04. The minimum Gasteiger partial charge on any atom is -0.497 e. The Labute approximate surface area is 96.0 Å². The fraction of sp³-hybridized carbons (Fsp3) is 0.385. The Hall–Kier alpha value is -1.66. The minimum absolute atomic E-state index is 0.535. The fourth-order valence-corrected chi connectivity index (χ4v) is 1.40. The molecule has 0 spiro atoms. The van der Waals surface area contributed by atoms with E-state index in [1.165, 1.54) is 0 Å². The van der Waals surface area contributed by atoms with Crippen molar-refractivity contribution in [2.45, 2.75) is 18.9 Å². The Bertz CT molecular complexity index is 357. The number of hydrogen-bond donors (Lipinski definition) is 1. The maximum atomic E-state index is 9.27. The van der Waals surface area contributed by atoms with Crippen molar-refractivity contribution >= 4 is 0 Å². The van der Waals surface area contributed by atoms with Crippen LogP contribution in [-0.4, -0.2) is 25.4 Å². The summed E-state index contributed by atoms with van der Waals surface area (Å²) < 4.78 is 10.3. The lowest BCUT2D eigenvalue weighted by Gasteiger charge is -2.09. The molecule has 1 rings (SSSR count). The smallest absolute Gasteiger partial charge is 0.122 e. The van der Waals surface area contributed by atoms with Gasteiger partial charge in [-0.15, -0.1) is 6.42 Å². The topological polar surface area (TPSA) is 38.7 Å². The highest BCUT2D eigenvalue weighted by atomic mass is 16.5. The lowest BCUT2D eigenvalue weighted by atomic mass is 10.1. The molecule has 1 aromatic carbocycles. The fourth-order valence-electron chi connectivity index (χ4n) is 1.40. The van der Waals surface area contributed by atoms with Gasteiger partial charge in [-0.3, -0.25) is 0 Å². The van der Waals surface area contributed by atoms with Gasteiger partial charge in [-0.25, -0.2) is 0 Å². The van der Waals surface area contributed by atoms with Crippen molar-refractivity contribution in [3.8, 4) is 23.8 Å². The molecular formula is C13H16O3. The molecule has 1 aromatic rings. The van der Waals surface area contributed by atoms with Crippen LogP contribution in [0.3, 0.4) is 0 Å². The van der Waals surface area contributed by atoms with E-state index in [0.29, 0.717) is 12.8 Å². The zero-order valence-corrected chi connectivity index (χ0v) is 9.56. The number of benzene rings is 1. The Kier molecular flexibility index (Phi) is 4.68. The highest BCUT2D eigenvalue weighted by Crippen LogP contribution is 2.23. The monoisotopic (exact) mass is 220 g/mol. The van der Waals surface area contributed by atoms with Crippen LogP contribution in [-0.2, 0) is 6.42 Å². The highest BCUT2D eigenvalue weighted by Gasteiger charge is 2.04. The van der Waals surface area contributed by atoms with Gasteiger partial charge in [-0.1, -0.05) is 5.92 Å². The molecule has 0 aliphatic carbocycles. The predicted molar refractivity (Wildman–Crippen MR) is 62.7 cm³/mol. The number of terminal acetylenes is 1. The first-order valence-corrected chi connectivity index (χ1v) is 5.05. The number of aliphatic hydroxyl groups is 1. The van der Waals surface area contributed by atoms with Gasteiger partial charge in [-0.05, 0) is 30.5 Å². The SMILES string of the molecule is C#CC(O)CCc1cc(OC)cc(OC)c1. The van der Waals surface area contributed by atoms with E-state index in [9.17, 15) is 5.11 Å². The molecule has 86 valence electrons. The first-order valence-electron chi connectivity index (χ1n) is 5.05. The number of methoxy groups -OCH3 is 2. The van der Waals surface area contributed by atoms with Gasteiger partial charge in [0.25, 0.3) is 0 Å². The van der Waals surface area contributed by atoms with Crippen LogP contribution in [0.5, 0.6) is 11.5 Å². The molecule has 0 radical (unpaired) electrons. The van der Waals surface area contributed by atoms with Gasteiger partial charge in [0.15, 0.2) is 0 Å². The van der Waals surface area contributed by atoms with Crippen molar-refractivity contribution in [3.05, 3.63) is 23.8 Å². The van der Waals surface area contributed by atoms with Crippen molar-refractivity contribution in [1.82, 2.24) is 0 Å². The largest absolute Gasteiger partial charge is 0.497 e. The molecule has 0 bridgehead atoms. The molecule has 0 aliphatic rings. The van der Waals surface area contributed by atoms with E-state index in [1.807, 2.05) is 12.1 Å². The van der Waals surface area contributed by atoms with Crippen LogP contribution in [0.4, 0.5) is 0 Å². The van der Waals surface area contributed by atoms with E-state index in [0.717, 1.165) is 17.1 Å². The van der Waals surface area contributed by atoms with Crippen molar-refractivity contribution in [2.75, 3.05) is 14.2 Å². The Morgan fingerprint density at radius 3 is 2.25 bits per heavy atom. The summed E-state index contributed by atoms with van der Waals surface area (Å²) in [7, 11) is 3.21. The molecule has 0 saturated heterocycles. The summed E-state index contributed by atoms with van der Waals surface area (Å²) in [5.74, 6) is 3.77. The number of ether oxygens (including phenoxy) is 2. The van der Waals surface area contributed by atoms with Gasteiger partial charge < -0.3 is 14.6 Å². The Balaban J connectivity index is 2.75. The number of hydrogen-bond acceptors (Lipinski definition) is 3. The average molecular weight is 220 g/mol. The van der Waals surface area contributed by atoms with Crippen molar-refractivity contribution in [1.29, 1.82) is 0 Å². The summed E-state index contributed by atoms with van der Waals surface area (Å²) >= 11 is 0. The maximum Gasteiger partial charge on any atom is 0.122 e. The van der Waals surface area contributed by atoms with Crippen LogP contribution in [0.1, 0.15) is 12.0 Å². The second-order valence-corrected chi connectivity index (χ2v) is 3.44. The average Bonchev–Trinajstić information content (AvgIpc) is 2.35. The molecule has 0 heterocycles. The van der Waals surface area contributed by atoms with Gasteiger partial charge in [0.2, 0.25) is 0 Å². The molecule has 0 saturated carbocycles. The van der Waals surface area contributed by atoms with Gasteiger partial charge in [0.05, 0.1) is 14.2 Å². The van der Waals surface area contributed by atoms with Crippen molar-refractivity contribution < 1.29 is 14.6 Å². The second-order valence-electron chi connectivity index (χ2n) is 3.44. The van der Waals surface area contributed by atoms with Crippen LogP contribution in [0.2, 0.25) is 0 Å². The molecule has 1 N–H and O–H groups in total. The molecule has 0 fully saturated rings. The zero-order valence-electron chi connectivity index (χ0n) is 9.56. The zero-order chi connectivity index (χ0) is 12.0. The van der Waals surface area contributed by atoms with Crippen molar-refractivity contribution in [3.63, 3.8) is 0 Å². The van der Waals surface area contributed by atoms with Gasteiger partial charge in [0, 0.05) is 6.07 Å². The summed E-state index contributed by atoms with van der Waals surface area (Å²) in [5, 5.41) is 9.27. The number of aryl methyl sites for hydroxylation is 1. The van der Waals surface area contributed by atoms with Crippen LogP contribution in [0.15, 0.2) is 18.2 Å². The summed E-state index contributed by atoms with van der Waals surface area (Å²) in [6.07, 6.45) is 5.63. The van der Waals surface area contributed by atoms with E-state index >= 15 is 0 Å². The maximum absolute atomic E-state index is 9.27. The minimum atomic E-state index is -0.697. The molecule has 3 nitrogen and oxygen atoms in total. The molecule has 3 heteroatoms. The van der Waals surface area contributed by atoms with Gasteiger partial charge in [0.1, 0.15) is 17.6 Å².